The third-order valence-electron chi connectivity index (χ3n) is 4.32. The number of imide groups is 1. The van der Waals surface area contributed by atoms with Crippen LogP contribution in [-0.4, -0.2) is 42.3 Å². The molecule has 0 spiro atoms. The number of hydrogen-bond donors (Lipinski definition) is 1. The van der Waals surface area contributed by atoms with Gasteiger partial charge in [0.15, 0.2) is 0 Å². The summed E-state index contributed by atoms with van der Waals surface area (Å²) < 4.78 is 28.4. The van der Waals surface area contributed by atoms with E-state index in [1.165, 1.54) is 6.92 Å². The molecule has 1 saturated heterocycles. The number of nitrogens with zero attached hydrogens (tertiary/aromatic N) is 1. The van der Waals surface area contributed by atoms with Crippen LogP contribution in [-0.2, 0) is 0 Å². The third-order valence-corrected chi connectivity index (χ3v) is 4.32. The highest BCUT2D eigenvalue weighted by Crippen LogP contribution is 2.36. The topological polar surface area (TPSA) is 49.4 Å². The molecule has 4 nitrogen and oxygen atoms in total. The molecule has 3 rings (SSSR count). The highest BCUT2D eigenvalue weighted by Gasteiger charge is 2.49. The minimum Gasteiger partial charge on any atom is -0.316 e. The molecule has 2 unspecified atom stereocenters. The quantitative estimate of drug-likeness (QED) is 0.846. The van der Waals surface area contributed by atoms with Crippen LogP contribution in [0.2, 0.25) is 0 Å². The van der Waals surface area contributed by atoms with Crippen LogP contribution >= 0.6 is 0 Å². The largest absolute Gasteiger partial charge is 0.316 e. The van der Waals surface area contributed by atoms with Crippen molar-refractivity contribution in [3.8, 4) is 0 Å². The number of rotatable bonds is 2. The number of carbonyl (C=O) groups is 2. The highest BCUT2D eigenvalue weighted by atomic mass is 19.3. The van der Waals surface area contributed by atoms with E-state index in [0.29, 0.717) is 11.1 Å². The predicted octanol–water partition coefficient (Wildman–Crippen LogP) is 1.77. The van der Waals surface area contributed by atoms with E-state index in [2.05, 4.69) is 5.32 Å². The molecular weight excluding hydrogens is 278 g/mol. The molecule has 0 aromatic heterocycles. The average Bonchev–Trinajstić information content (AvgIpc) is 2.70. The predicted molar refractivity (Wildman–Crippen MR) is 72.3 cm³/mol. The van der Waals surface area contributed by atoms with Crippen LogP contribution in [0.5, 0.6) is 0 Å². The lowest BCUT2D eigenvalue weighted by Crippen LogP contribution is -2.55. The van der Waals surface area contributed by atoms with E-state index in [4.69, 9.17) is 0 Å². The molecule has 21 heavy (non-hydrogen) atoms. The first-order valence-corrected chi connectivity index (χ1v) is 6.96. The Bertz CT molecular complexity index is 568. The summed E-state index contributed by atoms with van der Waals surface area (Å²) in [7, 11) is 0. The number of halogens is 2. The summed E-state index contributed by atoms with van der Waals surface area (Å²) in [4.78, 5) is 25.4. The molecule has 0 radical (unpaired) electrons. The fourth-order valence-corrected chi connectivity index (χ4v) is 2.96. The van der Waals surface area contributed by atoms with Crippen molar-refractivity contribution in [3.05, 3.63) is 35.4 Å². The molecular formula is C15H16F2N2O2. The Kier molecular flexibility index (Phi) is 3.28. The number of amides is 2. The number of piperidine rings is 1. The zero-order valence-corrected chi connectivity index (χ0v) is 11.6. The molecule has 6 heteroatoms. The summed E-state index contributed by atoms with van der Waals surface area (Å²) in [6.07, 6.45) is 0. The lowest BCUT2D eigenvalue weighted by molar-refractivity contribution is -0.120. The Balaban J connectivity index is 1.84. The first kappa shape index (κ1) is 14.1. The maximum Gasteiger partial charge on any atom is 0.261 e. The fraction of sp³-hybridized carbons (Fsp3) is 0.467. The molecule has 1 aromatic rings. The van der Waals surface area contributed by atoms with E-state index < -0.39 is 29.6 Å². The van der Waals surface area contributed by atoms with Crippen molar-refractivity contribution in [1.82, 2.24) is 10.2 Å². The van der Waals surface area contributed by atoms with Gasteiger partial charge in [-0.3, -0.25) is 14.5 Å². The molecule has 0 bridgehead atoms. The van der Waals surface area contributed by atoms with Gasteiger partial charge in [0.2, 0.25) is 0 Å². The number of alkyl halides is 2. The maximum atomic E-state index is 14.2. The monoisotopic (exact) mass is 294 g/mol. The van der Waals surface area contributed by atoms with Crippen molar-refractivity contribution in [2.45, 2.75) is 12.8 Å². The van der Waals surface area contributed by atoms with Crippen molar-refractivity contribution < 1.29 is 18.4 Å². The van der Waals surface area contributed by atoms with E-state index in [1.807, 2.05) is 0 Å². The second kappa shape index (κ2) is 4.87. The zero-order valence-electron chi connectivity index (χ0n) is 11.6. The van der Waals surface area contributed by atoms with Gasteiger partial charge in [0, 0.05) is 25.6 Å². The molecule has 0 saturated carbocycles. The van der Waals surface area contributed by atoms with Crippen molar-refractivity contribution in [2.75, 3.05) is 19.6 Å². The van der Waals surface area contributed by atoms with Gasteiger partial charge in [-0.25, -0.2) is 8.78 Å². The normalized spacial score (nSPS) is 27.9. The van der Waals surface area contributed by atoms with E-state index in [-0.39, 0.29) is 19.6 Å². The van der Waals surface area contributed by atoms with Crippen LogP contribution < -0.4 is 5.32 Å². The van der Waals surface area contributed by atoms with E-state index >= 15 is 0 Å². The molecule has 2 atom stereocenters. The Hall–Kier alpha value is -1.82. The van der Waals surface area contributed by atoms with Crippen LogP contribution in [0.4, 0.5) is 8.78 Å². The molecule has 2 aliphatic rings. The summed E-state index contributed by atoms with van der Waals surface area (Å²) in [5, 5.41) is 2.94. The minimum absolute atomic E-state index is 0.102. The van der Waals surface area contributed by atoms with Gasteiger partial charge in [-0.1, -0.05) is 19.1 Å². The Morgan fingerprint density at radius 3 is 2.33 bits per heavy atom. The lowest BCUT2D eigenvalue weighted by Gasteiger charge is -2.38. The summed E-state index contributed by atoms with van der Waals surface area (Å²) in [6.45, 7) is 1.56. The van der Waals surface area contributed by atoms with Gasteiger partial charge in [0.1, 0.15) is 0 Å². The summed E-state index contributed by atoms with van der Waals surface area (Å²) in [5.74, 6) is -5.72. The summed E-state index contributed by atoms with van der Waals surface area (Å²) in [5.41, 5.74) is 0.588. The number of fused-ring (bicyclic) bond motifs is 1. The molecule has 2 amide bonds. The van der Waals surface area contributed by atoms with Gasteiger partial charge in [-0.2, -0.15) is 0 Å². The van der Waals surface area contributed by atoms with Crippen LogP contribution in [0.3, 0.4) is 0 Å². The molecule has 112 valence electrons. The van der Waals surface area contributed by atoms with Gasteiger partial charge >= 0.3 is 0 Å². The van der Waals surface area contributed by atoms with Gasteiger partial charge in [0.25, 0.3) is 17.7 Å². The second-order valence-corrected chi connectivity index (χ2v) is 5.70. The SMILES string of the molecule is CC1CNCC(CN2C(=O)c3ccccc3C2=O)C1(F)F. The Morgan fingerprint density at radius 2 is 1.76 bits per heavy atom. The smallest absolute Gasteiger partial charge is 0.261 e. The summed E-state index contributed by atoms with van der Waals surface area (Å²) >= 11 is 0. The number of benzene rings is 1. The Morgan fingerprint density at radius 1 is 1.19 bits per heavy atom. The maximum absolute atomic E-state index is 14.2. The molecule has 0 aliphatic carbocycles. The van der Waals surface area contributed by atoms with Gasteiger partial charge in [-0.15, -0.1) is 0 Å². The van der Waals surface area contributed by atoms with E-state index in [0.717, 1.165) is 4.90 Å². The molecule has 2 aliphatic heterocycles. The van der Waals surface area contributed by atoms with Gasteiger partial charge in [0.05, 0.1) is 17.0 Å². The highest BCUT2D eigenvalue weighted by molar-refractivity contribution is 6.21. The number of nitrogens with one attached hydrogen (secondary N) is 1. The molecule has 1 aromatic carbocycles. The van der Waals surface area contributed by atoms with E-state index in [9.17, 15) is 18.4 Å². The summed E-state index contributed by atoms with van der Waals surface area (Å²) in [6, 6.07) is 6.42. The molecule has 2 heterocycles. The molecule has 1 fully saturated rings. The number of hydrogen-bond acceptors (Lipinski definition) is 3. The van der Waals surface area contributed by atoms with E-state index in [1.54, 1.807) is 24.3 Å². The van der Waals surface area contributed by atoms with Crippen molar-refractivity contribution in [3.63, 3.8) is 0 Å². The van der Waals surface area contributed by atoms with Crippen LogP contribution in [0.1, 0.15) is 27.6 Å². The van der Waals surface area contributed by atoms with Crippen LogP contribution in [0.25, 0.3) is 0 Å². The first-order chi connectivity index (χ1) is 9.93. The minimum atomic E-state index is -2.89. The van der Waals surface area contributed by atoms with Crippen molar-refractivity contribution in [2.24, 2.45) is 11.8 Å². The number of carbonyl (C=O) groups excluding carboxylic acids is 2. The van der Waals surface area contributed by atoms with Crippen LogP contribution in [0, 0.1) is 11.8 Å². The second-order valence-electron chi connectivity index (χ2n) is 5.70. The first-order valence-electron chi connectivity index (χ1n) is 6.96. The van der Waals surface area contributed by atoms with Crippen molar-refractivity contribution in [1.29, 1.82) is 0 Å². The van der Waals surface area contributed by atoms with Gasteiger partial charge in [-0.05, 0) is 12.1 Å². The van der Waals surface area contributed by atoms with Crippen LogP contribution in [0.15, 0.2) is 24.3 Å². The Labute approximate surface area is 121 Å². The van der Waals surface area contributed by atoms with Gasteiger partial charge < -0.3 is 5.32 Å². The average molecular weight is 294 g/mol. The standard InChI is InChI=1S/C15H16F2N2O2/c1-9-6-18-7-10(15(9,16)17)8-19-13(20)11-4-2-3-5-12(11)14(19)21/h2-5,9-10,18H,6-8H2,1H3. The lowest BCUT2D eigenvalue weighted by atomic mass is 9.86. The fourth-order valence-electron chi connectivity index (χ4n) is 2.96. The van der Waals surface area contributed by atoms with Crippen molar-refractivity contribution >= 4 is 11.8 Å². The molecule has 1 N–H and O–H groups in total. The zero-order chi connectivity index (χ0) is 15.2. The third kappa shape index (κ3) is 2.14.